The Morgan fingerprint density at radius 2 is 1.56 bits per heavy atom. The first-order valence-corrected chi connectivity index (χ1v) is 10.1. The van der Waals surface area contributed by atoms with Crippen LogP contribution in [0.15, 0.2) is 25.3 Å². The lowest BCUT2D eigenvalue weighted by molar-refractivity contribution is -0.153. The highest BCUT2D eigenvalue weighted by molar-refractivity contribution is 5.81. The van der Waals surface area contributed by atoms with Gasteiger partial charge in [-0.3, -0.25) is 0 Å². The summed E-state index contributed by atoms with van der Waals surface area (Å²) in [6.07, 6.45) is 1.65. The van der Waals surface area contributed by atoms with E-state index in [0.29, 0.717) is 12.8 Å². The van der Waals surface area contributed by atoms with Gasteiger partial charge in [0.05, 0.1) is 6.61 Å². The molecule has 180 valence electrons. The molecule has 0 bridgehead atoms. The third-order valence-electron chi connectivity index (χ3n) is 3.34. The van der Waals surface area contributed by atoms with Crippen LogP contribution in [0, 0.1) is 11.5 Å². The number of nitrogens with one attached hydrogen (secondary N) is 1. The summed E-state index contributed by atoms with van der Waals surface area (Å²) in [5, 5.41) is 11.0. The van der Waals surface area contributed by atoms with Crippen LogP contribution < -0.4 is 5.32 Å². The molecule has 0 aromatic rings. The largest absolute Gasteiger partial charge is 0.463 e. The zero-order valence-corrected chi connectivity index (χ0v) is 18.8. The SMILES string of the molecule is C=CC(=O)OCC(COC(=O)C=C)OC(=O)NCCCCC(OC#N)C(=O)OCC.CC. The lowest BCUT2D eigenvalue weighted by Gasteiger charge is -2.17. The molecule has 0 saturated carbocycles. The number of amides is 1. The van der Waals surface area contributed by atoms with E-state index in [0.717, 1.165) is 12.2 Å². The molecule has 0 fully saturated rings. The second kappa shape index (κ2) is 20.7. The maximum Gasteiger partial charge on any atom is 0.407 e. The van der Waals surface area contributed by atoms with Crippen molar-refractivity contribution in [1.82, 2.24) is 5.32 Å². The molecule has 0 rings (SSSR count). The molecule has 0 aliphatic carbocycles. The summed E-state index contributed by atoms with van der Waals surface area (Å²) in [6.45, 7) is 11.8. The molecule has 0 aromatic carbocycles. The van der Waals surface area contributed by atoms with Gasteiger partial charge in [-0.05, 0) is 26.2 Å². The minimum Gasteiger partial charge on any atom is -0.463 e. The van der Waals surface area contributed by atoms with Crippen LogP contribution in [0.1, 0.15) is 40.0 Å². The van der Waals surface area contributed by atoms with E-state index < -0.39 is 36.2 Å². The molecule has 1 unspecified atom stereocenters. The normalized spacial score (nSPS) is 10.2. The van der Waals surface area contributed by atoms with Crippen molar-refractivity contribution in [2.24, 2.45) is 0 Å². The standard InChI is InChI=1S/C19H26N2O9.C2H6/c1-4-16(22)27-11-14(12-28-17(23)5-2)30-19(25)21-10-8-7-9-15(29-13-20)18(24)26-6-3;1-2/h4-5,14-15H,1-2,6-12H2,3H3,(H,21,25);1-2H3. The lowest BCUT2D eigenvalue weighted by atomic mass is 10.1. The average Bonchev–Trinajstić information content (AvgIpc) is 2.80. The van der Waals surface area contributed by atoms with Gasteiger partial charge in [0, 0.05) is 18.7 Å². The van der Waals surface area contributed by atoms with Gasteiger partial charge in [-0.15, -0.1) is 0 Å². The average molecular weight is 456 g/mol. The zero-order valence-electron chi connectivity index (χ0n) is 18.8. The first-order valence-electron chi connectivity index (χ1n) is 10.1. The summed E-state index contributed by atoms with van der Waals surface area (Å²) in [4.78, 5) is 45.8. The van der Waals surface area contributed by atoms with Crippen LogP contribution in [0.3, 0.4) is 0 Å². The fraction of sp³-hybridized carbons (Fsp3) is 0.571. The number of unbranched alkanes of at least 4 members (excludes halogenated alkanes) is 1. The Bertz CT molecular complexity index is 620. The van der Waals surface area contributed by atoms with Crippen molar-refractivity contribution in [1.29, 1.82) is 5.26 Å². The summed E-state index contributed by atoms with van der Waals surface area (Å²) in [5.41, 5.74) is 0. The second-order valence-corrected chi connectivity index (χ2v) is 5.57. The number of esters is 3. The van der Waals surface area contributed by atoms with Gasteiger partial charge in [-0.25, -0.2) is 19.2 Å². The molecular weight excluding hydrogens is 424 g/mol. The van der Waals surface area contributed by atoms with E-state index in [1.165, 1.54) is 6.26 Å². The third kappa shape index (κ3) is 16.3. The number of nitriles is 1. The van der Waals surface area contributed by atoms with E-state index in [1.807, 2.05) is 13.8 Å². The number of nitrogens with zero attached hydrogens (tertiary/aromatic N) is 1. The summed E-state index contributed by atoms with van der Waals surface area (Å²) in [6, 6.07) is 0. The van der Waals surface area contributed by atoms with Crippen LogP contribution in [0.5, 0.6) is 0 Å². The van der Waals surface area contributed by atoms with Gasteiger partial charge in [0.1, 0.15) is 13.2 Å². The summed E-state index contributed by atoms with van der Waals surface area (Å²) >= 11 is 0. The third-order valence-corrected chi connectivity index (χ3v) is 3.34. The van der Waals surface area contributed by atoms with Gasteiger partial charge < -0.3 is 29.0 Å². The molecule has 0 aliphatic heterocycles. The Morgan fingerprint density at radius 1 is 1.00 bits per heavy atom. The minimum atomic E-state index is -1.03. The van der Waals surface area contributed by atoms with Crippen molar-refractivity contribution in [3.8, 4) is 6.26 Å². The first-order chi connectivity index (χ1) is 15.4. The Labute approximate surface area is 188 Å². The van der Waals surface area contributed by atoms with Crippen molar-refractivity contribution in [3.63, 3.8) is 0 Å². The van der Waals surface area contributed by atoms with Crippen LogP contribution in [-0.4, -0.2) is 62.6 Å². The molecule has 1 amide bonds. The van der Waals surface area contributed by atoms with Crippen molar-refractivity contribution < 1.29 is 42.9 Å². The van der Waals surface area contributed by atoms with Crippen LogP contribution in [0.25, 0.3) is 0 Å². The van der Waals surface area contributed by atoms with Crippen molar-refractivity contribution >= 4 is 24.0 Å². The lowest BCUT2D eigenvalue weighted by Crippen LogP contribution is -2.35. The van der Waals surface area contributed by atoms with Crippen LogP contribution in [0.2, 0.25) is 0 Å². The predicted molar refractivity (Wildman–Crippen MR) is 113 cm³/mol. The number of hydrogen-bond acceptors (Lipinski definition) is 10. The van der Waals surface area contributed by atoms with Gasteiger partial charge in [-0.2, -0.15) is 5.26 Å². The van der Waals surface area contributed by atoms with E-state index in [9.17, 15) is 19.2 Å². The monoisotopic (exact) mass is 456 g/mol. The van der Waals surface area contributed by atoms with E-state index in [4.69, 9.17) is 24.2 Å². The highest BCUT2D eigenvalue weighted by Gasteiger charge is 2.21. The molecule has 11 heteroatoms. The highest BCUT2D eigenvalue weighted by atomic mass is 16.6. The molecule has 0 saturated heterocycles. The number of hydrogen-bond donors (Lipinski definition) is 1. The van der Waals surface area contributed by atoms with E-state index in [1.54, 1.807) is 6.92 Å². The topological polar surface area (TPSA) is 150 Å². The van der Waals surface area contributed by atoms with Gasteiger partial charge in [0.2, 0.25) is 6.10 Å². The maximum absolute atomic E-state index is 11.9. The quantitative estimate of drug-likeness (QED) is 0.128. The van der Waals surface area contributed by atoms with Crippen molar-refractivity contribution in [2.45, 2.75) is 52.2 Å². The van der Waals surface area contributed by atoms with Crippen molar-refractivity contribution in [3.05, 3.63) is 25.3 Å². The Kier molecular flexibility index (Phi) is 19.8. The van der Waals surface area contributed by atoms with Gasteiger partial charge in [-0.1, -0.05) is 27.0 Å². The highest BCUT2D eigenvalue weighted by Crippen LogP contribution is 2.07. The maximum atomic E-state index is 11.9. The Balaban J connectivity index is 0. The van der Waals surface area contributed by atoms with Gasteiger partial charge >= 0.3 is 24.0 Å². The molecule has 1 atom stereocenters. The number of carbonyl (C=O) groups is 4. The molecule has 0 aliphatic rings. The minimum absolute atomic E-state index is 0.170. The molecule has 1 N–H and O–H groups in total. The number of carbonyl (C=O) groups excluding carboxylic acids is 4. The summed E-state index contributed by atoms with van der Waals surface area (Å²) in [7, 11) is 0. The second-order valence-electron chi connectivity index (χ2n) is 5.57. The first kappa shape index (κ1) is 30.6. The molecule has 11 nitrogen and oxygen atoms in total. The van der Waals surface area contributed by atoms with Crippen LogP contribution >= 0.6 is 0 Å². The Hall–Kier alpha value is -3.55. The van der Waals surface area contributed by atoms with E-state index in [2.05, 4.69) is 23.2 Å². The molecule has 0 spiro atoms. The van der Waals surface area contributed by atoms with E-state index in [-0.39, 0.29) is 32.8 Å². The van der Waals surface area contributed by atoms with Crippen LogP contribution in [-0.2, 0) is 38.1 Å². The molecule has 0 aromatic heterocycles. The fourth-order valence-corrected chi connectivity index (χ4v) is 1.95. The smallest absolute Gasteiger partial charge is 0.407 e. The van der Waals surface area contributed by atoms with Crippen LogP contribution in [0.4, 0.5) is 4.79 Å². The number of rotatable bonds is 15. The predicted octanol–water partition coefficient (Wildman–Crippen LogP) is 2.17. The zero-order chi connectivity index (χ0) is 24.8. The number of alkyl carbamates (subject to hydrolysis) is 1. The molecule has 32 heavy (non-hydrogen) atoms. The molecule has 0 radical (unpaired) electrons. The summed E-state index contributed by atoms with van der Waals surface area (Å²) in [5.74, 6) is -2.08. The molecular formula is C21H32N2O9. The van der Waals surface area contributed by atoms with Crippen molar-refractivity contribution in [2.75, 3.05) is 26.4 Å². The van der Waals surface area contributed by atoms with Gasteiger partial charge in [0.25, 0.3) is 6.26 Å². The fourth-order valence-electron chi connectivity index (χ4n) is 1.95. The summed E-state index contributed by atoms with van der Waals surface area (Å²) < 4.78 is 24.1. The number of ether oxygens (including phenoxy) is 5. The Morgan fingerprint density at radius 3 is 2.03 bits per heavy atom. The van der Waals surface area contributed by atoms with Gasteiger partial charge in [0.15, 0.2) is 6.10 Å². The van der Waals surface area contributed by atoms with E-state index >= 15 is 0 Å². The molecule has 0 heterocycles.